The van der Waals surface area contributed by atoms with Crippen molar-refractivity contribution in [1.82, 2.24) is 5.32 Å². The van der Waals surface area contributed by atoms with Gasteiger partial charge < -0.3 is 4.74 Å². The molecule has 0 bridgehead atoms. The number of amides is 1. The lowest BCUT2D eigenvalue weighted by molar-refractivity contribution is 0.145. The average Bonchev–Trinajstić information content (AvgIpc) is 2.49. The standard InChI is InChI=1S/C16H14ClFN2O2/c1-10-2-5-12(6-3-10)15(19)20-16(21)22-9-11-4-7-13(17)14(18)8-11/h2-8H,9H2,1H3,(H2,19,20,21). The first-order valence-electron chi connectivity index (χ1n) is 6.49. The van der Waals surface area contributed by atoms with Crippen molar-refractivity contribution in [3.05, 3.63) is 70.0 Å². The zero-order valence-electron chi connectivity index (χ0n) is 11.8. The van der Waals surface area contributed by atoms with Crippen LogP contribution >= 0.6 is 11.6 Å². The summed E-state index contributed by atoms with van der Waals surface area (Å²) in [7, 11) is 0. The van der Waals surface area contributed by atoms with Gasteiger partial charge in [0.15, 0.2) is 0 Å². The third kappa shape index (κ3) is 4.30. The van der Waals surface area contributed by atoms with Gasteiger partial charge in [-0.15, -0.1) is 0 Å². The maximum Gasteiger partial charge on any atom is 0.413 e. The summed E-state index contributed by atoms with van der Waals surface area (Å²) in [4.78, 5) is 11.6. The van der Waals surface area contributed by atoms with E-state index in [-0.39, 0.29) is 17.5 Å². The van der Waals surface area contributed by atoms with E-state index in [1.807, 2.05) is 19.1 Å². The van der Waals surface area contributed by atoms with E-state index >= 15 is 0 Å². The lowest BCUT2D eigenvalue weighted by Crippen LogP contribution is -2.30. The van der Waals surface area contributed by atoms with Crippen LogP contribution in [0.25, 0.3) is 0 Å². The van der Waals surface area contributed by atoms with Crippen molar-refractivity contribution in [2.75, 3.05) is 0 Å². The highest BCUT2D eigenvalue weighted by Crippen LogP contribution is 2.16. The summed E-state index contributed by atoms with van der Waals surface area (Å²) in [6, 6.07) is 11.3. The molecule has 6 heteroatoms. The molecular formula is C16H14ClFN2O2. The van der Waals surface area contributed by atoms with Gasteiger partial charge in [0.05, 0.1) is 5.02 Å². The molecule has 2 aromatic rings. The van der Waals surface area contributed by atoms with Crippen molar-refractivity contribution in [3.8, 4) is 0 Å². The Bertz CT molecular complexity index is 702. The number of halogens is 2. The van der Waals surface area contributed by atoms with Gasteiger partial charge >= 0.3 is 6.09 Å². The fourth-order valence-corrected chi connectivity index (χ4v) is 1.83. The molecule has 0 radical (unpaired) electrons. The van der Waals surface area contributed by atoms with Gasteiger partial charge in [0.25, 0.3) is 0 Å². The zero-order valence-corrected chi connectivity index (χ0v) is 12.6. The number of amidine groups is 1. The molecular weight excluding hydrogens is 307 g/mol. The second kappa shape index (κ2) is 7.04. The molecule has 0 aliphatic heterocycles. The van der Waals surface area contributed by atoms with Gasteiger partial charge in [-0.05, 0) is 24.6 Å². The number of benzene rings is 2. The van der Waals surface area contributed by atoms with Crippen molar-refractivity contribution < 1.29 is 13.9 Å². The molecule has 2 aromatic carbocycles. The number of carbonyl (C=O) groups excluding carboxylic acids is 1. The number of carbonyl (C=O) groups is 1. The molecule has 4 nitrogen and oxygen atoms in total. The topological polar surface area (TPSA) is 62.2 Å². The SMILES string of the molecule is Cc1ccc(C(=N)NC(=O)OCc2ccc(Cl)c(F)c2)cc1. The third-order valence-electron chi connectivity index (χ3n) is 2.92. The Hall–Kier alpha value is -2.40. The maximum absolute atomic E-state index is 13.2. The van der Waals surface area contributed by atoms with Gasteiger partial charge in [-0.2, -0.15) is 0 Å². The number of ether oxygens (including phenoxy) is 1. The minimum absolute atomic E-state index is 0.00866. The summed E-state index contributed by atoms with van der Waals surface area (Å²) < 4.78 is 18.2. The molecule has 114 valence electrons. The van der Waals surface area contributed by atoms with Crippen molar-refractivity contribution in [2.45, 2.75) is 13.5 Å². The van der Waals surface area contributed by atoms with Crippen LogP contribution in [0.2, 0.25) is 5.02 Å². The lowest BCUT2D eigenvalue weighted by Gasteiger charge is -2.09. The second-order valence-corrected chi connectivity index (χ2v) is 5.10. The Morgan fingerprint density at radius 2 is 1.95 bits per heavy atom. The number of hydrogen-bond donors (Lipinski definition) is 2. The van der Waals surface area contributed by atoms with Crippen LogP contribution in [0, 0.1) is 18.2 Å². The highest BCUT2D eigenvalue weighted by Gasteiger charge is 2.09. The molecule has 0 saturated heterocycles. The van der Waals surface area contributed by atoms with Gasteiger partial charge in [0, 0.05) is 5.56 Å². The Labute approximate surface area is 132 Å². The fraction of sp³-hybridized carbons (Fsp3) is 0.125. The molecule has 0 atom stereocenters. The molecule has 0 heterocycles. The first-order chi connectivity index (χ1) is 10.5. The van der Waals surface area contributed by atoms with E-state index in [2.05, 4.69) is 5.32 Å². The van der Waals surface area contributed by atoms with E-state index in [1.165, 1.54) is 12.1 Å². The minimum atomic E-state index is -0.777. The van der Waals surface area contributed by atoms with E-state index in [9.17, 15) is 9.18 Å². The van der Waals surface area contributed by atoms with Gasteiger partial charge in [-0.3, -0.25) is 10.7 Å². The second-order valence-electron chi connectivity index (χ2n) is 4.69. The van der Waals surface area contributed by atoms with Crippen LogP contribution in [0.3, 0.4) is 0 Å². The normalized spacial score (nSPS) is 10.1. The van der Waals surface area contributed by atoms with Crippen molar-refractivity contribution in [2.24, 2.45) is 0 Å². The molecule has 22 heavy (non-hydrogen) atoms. The third-order valence-corrected chi connectivity index (χ3v) is 3.23. The quantitative estimate of drug-likeness (QED) is 0.662. The van der Waals surface area contributed by atoms with Crippen LogP contribution in [0.15, 0.2) is 42.5 Å². The number of rotatable bonds is 3. The van der Waals surface area contributed by atoms with Crippen LogP contribution in [0.5, 0.6) is 0 Å². The molecule has 0 saturated carbocycles. The molecule has 0 aliphatic rings. The summed E-state index contributed by atoms with van der Waals surface area (Å²) in [5, 5.41) is 10.1. The van der Waals surface area contributed by atoms with Crippen LogP contribution in [0.1, 0.15) is 16.7 Å². The van der Waals surface area contributed by atoms with Crippen LogP contribution in [-0.4, -0.2) is 11.9 Å². The molecule has 0 aliphatic carbocycles. The summed E-state index contributed by atoms with van der Waals surface area (Å²) >= 11 is 5.57. The van der Waals surface area contributed by atoms with Crippen molar-refractivity contribution in [1.29, 1.82) is 5.41 Å². The Balaban J connectivity index is 1.88. The average molecular weight is 321 g/mol. The summed E-state index contributed by atoms with van der Waals surface area (Å²) in [6.45, 7) is 1.82. The molecule has 0 spiro atoms. The number of nitrogens with one attached hydrogen (secondary N) is 2. The van der Waals surface area contributed by atoms with E-state index in [4.69, 9.17) is 21.7 Å². The Kier molecular flexibility index (Phi) is 5.12. The number of hydrogen-bond acceptors (Lipinski definition) is 3. The first-order valence-corrected chi connectivity index (χ1v) is 6.87. The van der Waals surface area contributed by atoms with Crippen molar-refractivity contribution >= 4 is 23.5 Å². The highest BCUT2D eigenvalue weighted by atomic mass is 35.5. The molecule has 0 unspecified atom stereocenters. The monoisotopic (exact) mass is 320 g/mol. The summed E-state index contributed by atoms with van der Waals surface area (Å²) in [6.07, 6.45) is -0.777. The van der Waals surface area contributed by atoms with Crippen LogP contribution in [0.4, 0.5) is 9.18 Å². The van der Waals surface area contributed by atoms with Crippen molar-refractivity contribution in [3.63, 3.8) is 0 Å². The summed E-state index contributed by atoms with van der Waals surface area (Å²) in [5.74, 6) is -0.636. The lowest BCUT2D eigenvalue weighted by atomic mass is 10.1. The molecule has 2 rings (SSSR count). The van der Waals surface area contributed by atoms with Gasteiger partial charge in [0.2, 0.25) is 0 Å². The van der Waals surface area contributed by atoms with Gasteiger partial charge in [-0.1, -0.05) is 47.5 Å². The Morgan fingerprint density at radius 3 is 2.59 bits per heavy atom. The Morgan fingerprint density at radius 1 is 1.27 bits per heavy atom. The van der Waals surface area contributed by atoms with Gasteiger partial charge in [-0.25, -0.2) is 9.18 Å². The molecule has 0 fully saturated rings. The zero-order chi connectivity index (χ0) is 16.1. The van der Waals surface area contributed by atoms with Crippen LogP contribution < -0.4 is 5.32 Å². The maximum atomic E-state index is 13.2. The smallest absolute Gasteiger partial charge is 0.413 e. The fourth-order valence-electron chi connectivity index (χ4n) is 1.71. The minimum Gasteiger partial charge on any atom is -0.444 e. The highest BCUT2D eigenvalue weighted by molar-refractivity contribution is 6.30. The largest absolute Gasteiger partial charge is 0.444 e. The predicted octanol–water partition coefficient (Wildman–Crippen LogP) is 4.04. The predicted molar refractivity (Wildman–Crippen MR) is 82.7 cm³/mol. The van der Waals surface area contributed by atoms with Gasteiger partial charge in [0.1, 0.15) is 18.3 Å². The molecule has 0 aromatic heterocycles. The molecule has 1 amide bonds. The van der Waals surface area contributed by atoms with Crippen LogP contribution in [-0.2, 0) is 11.3 Å². The van der Waals surface area contributed by atoms with E-state index < -0.39 is 11.9 Å². The number of aryl methyl sites for hydroxylation is 1. The van der Waals surface area contributed by atoms with E-state index in [0.717, 1.165) is 5.56 Å². The first kappa shape index (κ1) is 16.0. The summed E-state index contributed by atoms with van der Waals surface area (Å²) in [5.41, 5.74) is 2.10. The van der Waals surface area contributed by atoms with E-state index in [1.54, 1.807) is 18.2 Å². The molecule has 2 N–H and O–H groups in total. The number of alkyl carbamates (subject to hydrolysis) is 1. The van der Waals surface area contributed by atoms with E-state index in [0.29, 0.717) is 11.1 Å².